The van der Waals surface area contributed by atoms with Gasteiger partial charge in [-0.25, -0.2) is 0 Å². The molecule has 110 valence electrons. The van der Waals surface area contributed by atoms with Gasteiger partial charge in [-0.05, 0) is 45.7 Å². The molecule has 0 aromatic heterocycles. The number of hydrogen-bond acceptors (Lipinski definition) is 4. The van der Waals surface area contributed by atoms with Crippen LogP contribution in [0.4, 0.5) is 0 Å². The van der Waals surface area contributed by atoms with Crippen molar-refractivity contribution in [3.8, 4) is 0 Å². The second-order valence-corrected chi connectivity index (χ2v) is 6.43. The molecule has 3 atom stereocenters. The number of carbonyl (C=O) groups excluding carboxylic acids is 1. The van der Waals surface area contributed by atoms with Gasteiger partial charge in [0.1, 0.15) is 0 Å². The van der Waals surface area contributed by atoms with Gasteiger partial charge in [0.2, 0.25) is 5.91 Å². The average molecular weight is 268 g/mol. The molecule has 1 saturated carbocycles. The highest BCUT2D eigenvalue weighted by molar-refractivity contribution is 5.85. The summed E-state index contributed by atoms with van der Waals surface area (Å²) in [6.45, 7) is 6.66. The molecule has 2 fully saturated rings. The molecule has 3 unspecified atom stereocenters. The van der Waals surface area contributed by atoms with Crippen LogP contribution in [0.3, 0.4) is 0 Å². The summed E-state index contributed by atoms with van der Waals surface area (Å²) in [6.07, 6.45) is 3.82. The zero-order valence-corrected chi connectivity index (χ0v) is 12.3. The first-order valence-corrected chi connectivity index (χ1v) is 7.45. The Morgan fingerprint density at radius 3 is 2.79 bits per heavy atom. The number of likely N-dealkylation sites (N-methyl/N-ethyl adjacent to an activating group) is 1. The standard InChI is InChI=1S/C14H28N4O/c1-11-10-17(2)8-9-18(11)7-5-12-4-3-6-14(12,16)13(15)19/h11-12H,3-10,16H2,1-2H3,(H2,15,19). The lowest BCUT2D eigenvalue weighted by Crippen LogP contribution is -2.56. The van der Waals surface area contributed by atoms with Gasteiger partial charge in [-0.3, -0.25) is 9.69 Å². The van der Waals surface area contributed by atoms with Gasteiger partial charge in [0.05, 0.1) is 5.54 Å². The molecule has 1 aliphatic heterocycles. The third kappa shape index (κ3) is 3.09. The van der Waals surface area contributed by atoms with Crippen molar-refractivity contribution < 1.29 is 4.79 Å². The van der Waals surface area contributed by atoms with Crippen LogP contribution < -0.4 is 11.5 Å². The molecular weight excluding hydrogens is 240 g/mol. The first-order valence-electron chi connectivity index (χ1n) is 7.45. The van der Waals surface area contributed by atoms with E-state index in [0.29, 0.717) is 6.04 Å². The van der Waals surface area contributed by atoms with Crippen molar-refractivity contribution in [1.82, 2.24) is 9.80 Å². The minimum atomic E-state index is -0.754. The van der Waals surface area contributed by atoms with Gasteiger partial charge >= 0.3 is 0 Å². The minimum Gasteiger partial charge on any atom is -0.368 e. The second kappa shape index (κ2) is 5.77. The Morgan fingerprint density at radius 2 is 2.16 bits per heavy atom. The van der Waals surface area contributed by atoms with Crippen LogP contribution in [0.1, 0.15) is 32.6 Å². The number of rotatable bonds is 4. The van der Waals surface area contributed by atoms with E-state index in [0.717, 1.165) is 51.9 Å². The molecule has 1 saturated heterocycles. The molecule has 1 heterocycles. The molecule has 0 aromatic carbocycles. The fourth-order valence-corrected chi connectivity index (χ4v) is 3.66. The van der Waals surface area contributed by atoms with Gasteiger partial charge in [0.15, 0.2) is 0 Å². The van der Waals surface area contributed by atoms with Crippen molar-refractivity contribution in [2.75, 3.05) is 33.2 Å². The Balaban J connectivity index is 1.87. The van der Waals surface area contributed by atoms with Crippen LogP contribution >= 0.6 is 0 Å². The Hall–Kier alpha value is -0.650. The van der Waals surface area contributed by atoms with E-state index in [4.69, 9.17) is 11.5 Å². The SMILES string of the molecule is CC1CN(C)CCN1CCC1CCCC1(N)C(N)=O. The lowest BCUT2D eigenvalue weighted by molar-refractivity contribution is -0.124. The molecule has 0 radical (unpaired) electrons. The van der Waals surface area contributed by atoms with E-state index < -0.39 is 5.54 Å². The summed E-state index contributed by atoms with van der Waals surface area (Å²) in [5.41, 5.74) is 11.0. The molecule has 0 bridgehead atoms. The summed E-state index contributed by atoms with van der Waals surface area (Å²) in [4.78, 5) is 16.5. The lowest BCUT2D eigenvalue weighted by Gasteiger charge is -2.39. The van der Waals surface area contributed by atoms with Crippen molar-refractivity contribution in [3.63, 3.8) is 0 Å². The smallest absolute Gasteiger partial charge is 0.237 e. The van der Waals surface area contributed by atoms with E-state index in [1.165, 1.54) is 0 Å². The highest BCUT2D eigenvalue weighted by Crippen LogP contribution is 2.36. The maximum absolute atomic E-state index is 11.6. The van der Waals surface area contributed by atoms with Crippen molar-refractivity contribution in [1.29, 1.82) is 0 Å². The monoisotopic (exact) mass is 268 g/mol. The van der Waals surface area contributed by atoms with Crippen LogP contribution in [0.2, 0.25) is 0 Å². The predicted octanol–water partition coefficient (Wildman–Crippen LogP) is -0.00470. The molecule has 4 N–H and O–H groups in total. The second-order valence-electron chi connectivity index (χ2n) is 6.43. The molecule has 2 aliphatic rings. The van der Waals surface area contributed by atoms with Gasteiger partial charge in [0.25, 0.3) is 0 Å². The lowest BCUT2D eigenvalue weighted by atomic mass is 9.84. The third-order valence-corrected chi connectivity index (χ3v) is 5.06. The van der Waals surface area contributed by atoms with Crippen molar-refractivity contribution >= 4 is 5.91 Å². The molecule has 0 aromatic rings. The molecule has 19 heavy (non-hydrogen) atoms. The third-order valence-electron chi connectivity index (χ3n) is 5.06. The Kier molecular flexibility index (Phi) is 4.48. The Labute approximate surface area is 116 Å². The topological polar surface area (TPSA) is 75.6 Å². The van der Waals surface area contributed by atoms with Crippen LogP contribution in [0.15, 0.2) is 0 Å². The van der Waals surface area contributed by atoms with Crippen LogP contribution in [-0.2, 0) is 4.79 Å². The summed E-state index contributed by atoms with van der Waals surface area (Å²) in [5.74, 6) is -0.0571. The van der Waals surface area contributed by atoms with Crippen LogP contribution in [0.25, 0.3) is 0 Å². The minimum absolute atomic E-state index is 0.261. The molecule has 0 spiro atoms. The van der Waals surface area contributed by atoms with E-state index in [1.807, 2.05) is 0 Å². The molecular formula is C14H28N4O. The first-order chi connectivity index (χ1) is 8.93. The predicted molar refractivity (Wildman–Crippen MR) is 76.6 cm³/mol. The van der Waals surface area contributed by atoms with Crippen molar-refractivity contribution in [2.45, 2.75) is 44.2 Å². The number of nitrogens with two attached hydrogens (primary N) is 2. The molecule has 5 heteroatoms. The number of carbonyl (C=O) groups is 1. The maximum Gasteiger partial charge on any atom is 0.237 e. The maximum atomic E-state index is 11.6. The fourth-order valence-electron chi connectivity index (χ4n) is 3.66. The number of hydrogen-bond donors (Lipinski definition) is 2. The summed E-state index contributed by atoms with van der Waals surface area (Å²) >= 11 is 0. The summed E-state index contributed by atoms with van der Waals surface area (Å²) in [6, 6.07) is 0.584. The number of piperazine rings is 1. The Bertz CT molecular complexity index is 335. The normalized spacial score (nSPS) is 37.6. The van der Waals surface area contributed by atoms with Gasteiger partial charge in [0, 0.05) is 25.7 Å². The molecule has 2 rings (SSSR count). The van der Waals surface area contributed by atoms with E-state index >= 15 is 0 Å². The van der Waals surface area contributed by atoms with E-state index in [1.54, 1.807) is 0 Å². The van der Waals surface area contributed by atoms with E-state index in [2.05, 4.69) is 23.8 Å². The summed E-state index contributed by atoms with van der Waals surface area (Å²) in [5, 5.41) is 0. The zero-order valence-electron chi connectivity index (χ0n) is 12.3. The first kappa shape index (κ1) is 14.8. The van der Waals surface area contributed by atoms with Gasteiger partial charge in [-0.15, -0.1) is 0 Å². The summed E-state index contributed by atoms with van der Waals surface area (Å²) < 4.78 is 0. The number of amides is 1. The largest absolute Gasteiger partial charge is 0.368 e. The van der Waals surface area contributed by atoms with E-state index in [-0.39, 0.29) is 11.8 Å². The number of nitrogens with zero attached hydrogens (tertiary/aromatic N) is 2. The molecule has 1 aliphatic carbocycles. The zero-order chi connectivity index (χ0) is 14.0. The van der Waals surface area contributed by atoms with Gasteiger partial charge in [-0.1, -0.05) is 6.42 Å². The van der Waals surface area contributed by atoms with Crippen LogP contribution in [0, 0.1) is 5.92 Å². The van der Waals surface area contributed by atoms with Crippen LogP contribution in [-0.4, -0.2) is 60.5 Å². The average Bonchev–Trinajstić information content (AvgIpc) is 2.71. The quantitative estimate of drug-likeness (QED) is 0.752. The van der Waals surface area contributed by atoms with Crippen LogP contribution in [0.5, 0.6) is 0 Å². The summed E-state index contributed by atoms with van der Waals surface area (Å²) in [7, 11) is 2.17. The van der Waals surface area contributed by atoms with Gasteiger partial charge < -0.3 is 16.4 Å². The van der Waals surface area contributed by atoms with Gasteiger partial charge in [-0.2, -0.15) is 0 Å². The highest BCUT2D eigenvalue weighted by atomic mass is 16.1. The highest BCUT2D eigenvalue weighted by Gasteiger charge is 2.44. The van der Waals surface area contributed by atoms with Crippen molar-refractivity contribution in [3.05, 3.63) is 0 Å². The molecule has 5 nitrogen and oxygen atoms in total. The number of primary amides is 1. The van der Waals surface area contributed by atoms with Crippen molar-refractivity contribution in [2.24, 2.45) is 17.4 Å². The fraction of sp³-hybridized carbons (Fsp3) is 0.929. The van der Waals surface area contributed by atoms with E-state index in [9.17, 15) is 4.79 Å². The molecule has 1 amide bonds. The Morgan fingerprint density at radius 1 is 1.42 bits per heavy atom.